The van der Waals surface area contributed by atoms with Gasteiger partial charge in [0.05, 0.1) is 5.69 Å². The Balaban J connectivity index is 1.65. The Bertz CT molecular complexity index is 706. The molecular weight excluding hydrogens is 309 g/mol. The fourth-order valence-corrected chi connectivity index (χ4v) is 2.94. The zero-order chi connectivity index (χ0) is 17.1. The van der Waals surface area contributed by atoms with Crippen LogP contribution in [0, 0.1) is 12.7 Å². The van der Waals surface area contributed by atoms with E-state index in [1.807, 2.05) is 0 Å². The smallest absolute Gasteiger partial charge is 0.291 e. The topological polar surface area (TPSA) is 63.1 Å². The van der Waals surface area contributed by atoms with Gasteiger partial charge < -0.3 is 5.32 Å². The first kappa shape index (κ1) is 16.6. The largest absolute Gasteiger partial charge is 0.348 e. The molecule has 1 saturated heterocycles. The highest BCUT2D eigenvalue weighted by Gasteiger charge is 2.20. The van der Waals surface area contributed by atoms with Crippen molar-refractivity contribution in [3.05, 3.63) is 41.7 Å². The lowest BCUT2D eigenvalue weighted by atomic mass is 10.3. The van der Waals surface area contributed by atoms with Gasteiger partial charge in [0.15, 0.2) is 0 Å². The second kappa shape index (κ2) is 7.09. The van der Waals surface area contributed by atoms with Crippen LogP contribution in [0.1, 0.15) is 36.2 Å². The molecule has 0 saturated carbocycles. The summed E-state index contributed by atoms with van der Waals surface area (Å²) in [7, 11) is 0. The number of nitrogens with zero attached hydrogens (tertiary/aromatic N) is 4. The summed E-state index contributed by atoms with van der Waals surface area (Å²) in [6.07, 6.45) is 2.45. The maximum atomic E-state index is 13.0. The van der Waals surface area contributed by atoms with Crippen molar-refractivity contribution in [2.45, 2.75) is 32.7 Å². The van der Waals surface area contributed by atoms with Gasteiger partial charge in [-0.1, -0.05) is 0 Å². The molecule has 0 spiro atoms. The van der Waals surface area contributed by atoms with Gasteiger partial charge in [-0.25, -0.2) is 14.1 Å². The van der Waals surface area contributed by atoms with Gasteiger partial charge in [-0.15, -0.1) is 5.10 Å². The Labute approximate surface area is 140 Å². The number of aromatic nitrogens is 3. The van der Waals surface area contributed by atoms with Crippen LogP contribution in [0.25, 0.3) is 5.69 Å². The van der Waals surface area contributed by atoms with Crippen LogP contribution in [0.15, 0.2) is 24.3 Å². The van der Waals surface area contributed by atoms with Gasteiger partial charge in [0.25, 0.3) is 5.91 Å². The van der Waals surface area contributed by atoms with E-state index in [-0.39, 0.29) is 17.5 Å². The Hall–Kier alpha value is -2.28. The average molecular weight is 331 g/mol. The summed E-state index contributed by atoms with van der Waals surface area (Å²) in [5.41, 5.74) is 0.672. The molecule has 1 aromatic carbocycles. The number of likely N-dealkylation sites (tertiary alicyclic amines) is 1. The van der Waals surface area contributed by atoms with E-state index in [0.29, 0.717) is 24.1 Å². The molecule has 2 aromatic rings. The van der Waals surface area contributed by atoms with Gasteiger partial charge in [0.2, 0.25) is 5.82 Å². The van der Waals surface area contributed by atoms with E-state index >= 15 is 0 Å². The molecule has 1 fully saturated rings. The van der Waals surface area contributed by atoms with E-state index in [4.69, 9.17) is 0 Å². The maximum Gasteiger partial charge on any atom is 0.291 e. The summed E-state index contributed by atoms with van der Waals surface area (Å²) in [5, 5.41) is 7.14. The van der Waals surface area contributed by atoms with E-state index < -0.39 is 0 Å². The van der Waals surface area contributed by atoms with Crippen LogP contribution < -0.4 is 5.32 Å². The molecule has 6 nitrogen and oxygen atoms in total. The zero-order valence-electron chi connectivity index (χ0n) is 14.0. The summed E-state index contributed by atoms with van der Waals surface area (Å²) in [6.45, 7) is 6.63. The summed E-state index contributed by atoms with van der Waals surface area (Å²) in [5.74, 6) is 0.111. The lowest BCUT2D eigenvalue weighted by Gasteiger charge is -2.23. The van der Waals surface area contributed by atoms with Crippen molar-refractivity contribution in [3.63, 3.8) is 0 Å². The molecule has 1 aliphatic rings. The molecule has 0 unspecified atom stereocenters. The molecule has 7 heteroatoms. The molecule has 0 radical (unpaired) electrons. The molecule has 0 aliphatic carbocycles. The molecule has 1 amide bonds. The van der Waals surface area contributed by atoms with Gasteiger partial charge in [-0.05, 0) is 64.0 Å². The molecule has 1 N–H and O–H groups in total. The number of amides is 1. The first-order valence-electron chi connectivity index (χ1n) is 8.26. The fourth-order valence-electron chi connectivity index (χ4n) is 2.94. The van der Waals surface area contributed by atoms with E-state index in [0.717, 1.165) is 13.1 Å². The lowest BCUT2D eigenvalue weighted by Crippen LogP contribution is -2.40. The molecule has 0 bridgehead atoms. The minimum absolute atomic E-state index is 0.130. The molecule has 128 valence electrons. The minimum Gasteiger partial charge on any atom is -0.348 e. The SMILES string of the molecule is Cc1nc(C(=O)NC[C@@H](C)N2CCCC2)nn1-c1ccc(F)cc1. The molecule has 2 heterocycles. The number of carbonyl (C=O) groups excluding carboxylic acids is 1. The first-order valence-corrected chi connectivity index (χ1v) is 8.26. The van der Waals surface area contributed by atoms with Crippen LogP contribution in [0.5, 0.6) is 0 Å². The van der Waals surface area contributed by atoms with Crippen LogP contribution in [0.3, 0.4) is 0 Å². The summed E-state index contributed by atoms with van der Waals surface area (Å²) < 4.78 is 14.6. The fraction of sp³-hybridized carbons (Fsp3) is 0.471. The third-order valence-electron chi connectivity index (χ3n) is 4.37. The number of nitrogens with one attached hydrogen (secondary N) is 1. The van der Waals surface area contributed by atoms with Gasteiger partial charge in [0, 0.05) is 12.6 Å². The number of hydrogen-bond acceptors (Lipinski definition) is 4. The third-order valence-corrected chi connectivity index (χ3v) is 4.37. The molecular formula is C17H22FN5O. The van der Waals surface area contributed by atoms with Crippen molar-refractivity contribution in [2.24, 2.45) is 0 Å². The standard InChI is InChI=1S/C17H22FN5O/c1-12(22-9-3-4-10-22)11-19-17(24)16-20-13(2)23(21-16)15-7-5-14(18)6-8-15/h5-8,12H,3-4,9-11H2,1-2H3,(H,19,24)/t12-/m1/s1. The van der Waals surface area contributed by atoms with Crippen LogP contribution >= 0.6 is 0 Å². The monoisotopic (exact) mass is 331 g/mol. The van der Waals surface area contributed by atoms with E-state index in [2.05, 4.69) is 27.2 Å². The van der Waals surface area contributed by atoms with E-state index in [1.165, 1.54) is 29.7 Å². The molecule has 1 aliphatic heterocycles. The zero-order valence-corrected chi connectivity index (χ0v) is 14.0. The molecule has 1 atom stereocenters. The Morgan fingerprint density at radius 3 is 2.62 bits per heavy atom. The van der Waals surface area contributed by atoms with Crippen molar-refractivity contribution in [1.82, 2.24) is 25.0 Å². The number of benzene rings is 1. The lowest BCUT2D eigenvalue weighted by molar-refractivity contribution is 0.0930. The Kier molecular flexibility index (Phi) is 4.89. The van der Waals surface area contributed by atoms with Crippen LogP contribution in [0.2, 0.25) is 0 Å². The second-order valence-electron chi connectivity index (χ2n) is 6.17. The van der Waals surface area contributed by atoms with E-state index in [9.17, 15) is 9.18 Å². The highest BCUT2D eigenvalue weighted by Crippen LogP contribution is 2.12. The first-order chi connectivity index (χ1) is 11.5. The normalized spacial score (nSPS) is 16.3. The van der Waals surface area contributed by atoms with Gasteiger partial charge >= 0.3 is 0 Å². The van der Waals surface area contributed by atoms with Crippen molar-refractivity contribution < 1.29 is 9.18 Å². The quantitative estimate of drug-likeness (QED) is 0.909. The second-order valence-corrected chi connectivity index (χ2v) is 6.17. The summed E-state index contributed by atoms with van der Waals surface area (Å²) in [6, 6.07) is 6.22. The van der Waals surface area contributed by atoms with Gasteiger partial charge in [-0.3, -0.25) is 9.69 Å². The number of hydrogen-bond donors (Lipinski definition) is 1. The van der Waals surface area contributed by atoms with Crippen molar-refractivity contribution in [2.75, 3.05) is 19.6 Å². The minimum atomic E-state index is -0.314. The number of aryl methyl sites for hydroxylation is 1. The van der Waals surface area contributed by atoms with Gasteiger partial charge in [0.1, 0.15) is 11.6 Å². The van der Waals surface area contributed by atoms with Crippen molar-refractivity contribution in [1.29, 1.82) is 0 Å². The van der Waals surface area contributed by atoms with Crippen LogP contribution in [-0.2, 0) is 0 Å². The molecule has 1 aromatic heterocycles. The number of carbonyl (C=O) groups is 1. The van der Waals surface area contributed by atoms with Crippen LogP contribution in [-0.4, -0.2) is 51.2 Å². The van der Waals surface area contributed by atoms with Crippen molar-refractivity contribution >= 4 is 5.91 Å². The summed E-state index contributed by atoms with van der Waals surface area (Å²) >= 11 is 0. The third kappa shape index (κ3) is 3.62. The highest BCUT2D eigenvalue weighted by atomic mass is 19.1. The predicted molar refractivity (Wildman–Crippen MR) is 88.7 cm³/mol. The maximum absolute atomic E-state index is 13.0. The number of halogens is 1. The predicted octanol–water partition coefficient (Wildman–Crippen LogP) is 1.93. The van der Waals surface area contributed by atoms with E-state index in [1.54, 1.807) is 19.1 Å². The summed E-state index contributed by atoms with van der Waals surface area (Å²) in [4.78, 5) is 18.9. The molecule has 24 heavy (non-hydrogen) atoms. The van der Waals surface area contributed by atoms with Crippen molar-refractivity contribution in [3.8, 4) is 5.69 Å². The Morgan fingerprint density at radius 1 is 1.29 bits per heavy atom. The molecule has 3 rings (SSSR count). The van der Waals surface area contributed by atoms with Gasteiger partial charge in [-0.2, -0.15) is 0 Å². The highest BCUT2D eigenvalue weighted by molar-refractivity contribution is 5.90. The number of rotatable bonds is 5. The van der Waals surface area contributed by atoms with Crippen LogP contribution in [0.4, 0.5) is 4.39 Å². The average Bonchev–Trinajstić information content (AvgIpc) is 3.23. The Morgan fingerprint density at radius 2 is 1.96 bits per heavy atom.